The molecule has 3 rings (SSSR count). The van der Waals surface area contributed by atoms with Gasteiger partial charge in [0.25, 0.3) is 5.69 Å². The highest BCUT2D eigenvalue weighted by molar-refractivity contribution is 6.06. The molecule has 0 fully saturated rings. The Morgan fingerprint density at radius 3 is 2.48 bits per heavy atom. The zero-order chi connectivity index (χ0) is 18.0. The van der Waals surface area contributed by atoms with Crippen LogP contribution in [0.4, 0.5) is 5.69 Å². The van der Waals surface area contributed by atoms with Crippen molar-refractivity contribution in [3.05, 3.63) is 70.2 Å². The molecule has 126 valence electrons. The Balaban J connectivity index is 1.89. The Hall–Kier alpha value is -3.55. The summed E-state index contributed by atoms with van der Waals surface area (Å²) in [6.45, 7) is 0. The quantitative estimate of drug-likeness (QED) is 0.309. The highest BCUT2D eigenvalue weighted by atomic mass is 16.6. The largest absolute Gasteiger partial charge is 0.289 e. The average Bonchev–Trinajstić information content (AvgIpc) is 3.18. The maximum Gasteiger partial charge on any atom is 0.269 e. The third-order valence-corrected chi connectivity index (χ3v) is 3.61. The van der Waals surface area contributed by atoms with Crippen LogP contribution in [0.3, 0.4) is 0 Å². The van der Waals surface area contributed by atoms with Gasteiger partial charge < -0.3 is 0 Å². The molecule has 0 saturated carbocycles. The van der Waals surface area contributed by atoms with Gasteiger partial charge in [-0.15, -0.1) is 0 Å². The van der Waals surface area contributed by atoms with Crippen LogP contribution in [0.15, 0.2) is 48.9 Å². The van der Waals surface area contributed by atoms with Gasteiger partial charge in [-0.05, 0) is 24.3 Å². The van der Waals surface area contributed by atoms with E-state index in [0.29, 0.717) is 11.3 Å². The molecule has 0 N–H and O–H groups in total. The first-order chi connectivity index (χ1) is 11.9. The van der Waals surface area contributed by atoms with Gasteiger partial charge in [0, 0.05) is 49.7 Å². The number of rotatable bonds is 5. The van der Waals surface area contributed by atoms with E-state index in [0.717, 1.165) is 11.1 Å². The summed E-state index contributed by atoms with van der Waals surface area (Å²) in [7, 11) is 3.52. The van der Waals surface area contributed by atoms with Crippen LogP contribution in [0.5, 0.6) is 0 Å². The van der Waals surface area contributed by atoms with Crippen LogP contribution in [0.25, 0.3) is 17.3 Å². The number of hydrogen-bond donors (Lipinski definition) is 0. The Morgan fingerprint density at radius 1 is 1.16 bits per heavy atom. The van der Waals surface area contributed by atoms with Gasteiger partial charge in [0.15, 0.2) is 5.78 Å². The molecule has 8 heteroatoms. The van der Waals surface area contributed by atoms with Crippen molar-refractivity contribution in [1.29, 1.82) is 0 Å². The zero-order valence-electron chi connectivity index (χ0n) is 13.7. The lowest BCUT2D eigenvalue weighted by Crippen LogP contribution is -1.92. The Labute approximate surface area is 143 Å². The predicted molar refractivity (Wildman–Crippen MR) is 91.9 cm³/mol. The van der Waals surface area contributed by atoms with Gasteiger partial charge >= 0.3 is 0 Å². The summed E-state index contributed by atoms with van der Waals surface area (Å²) in [5.41, 5.74) is 2.64. The van der Waals surface area contributed by atoms with Crippen LogP contribution in [-0.4, -0.2) is 30.3 Å². The van der Waals surface area contributed by atoms with Gasteiger partial charge in [0.1, 0.15) is 0 Å². The van der Waals surface area contributed by atoms with Gasteiger partial charge in [0.2, 0.25) is 0 Å². The van der Waals surface area contributed by atoms with Crippen molar-refractivity contribution >= 4 is 17.5 Å². The van der Waals surface area contributed by atoms with E-state index in [4.69, 9.17) is 0 Å². The van der Waals surface area contributed by atoms with E-state index < -0.39 is 4.92 Å². The number of carbonyl (C=O) groups excluding carboxylic acids is 1. The van der Waals surface area contributed by atoms with Crippen molar-refractivity contribution in [3.63, 3.8) is 0 Å². The molecular weight excluding hydrogens is 322 g/mol. The Kier molecular flexibility index (Phi) is 4.25. The normalized spacial score (nSPS) is 11.1. The molecule has 25 heavy (non-hydrogen) atoms. The van der Waals surface area contributed by atoms with Gasteiger partial charge in [0.05, 0.1) is 22.4 Å². The second-order valence-corrected chi connectivity index (χ2v) is 5.51. The van der Waals surface area contributed by atoms with Gasteiger partial charge in [-0.2, -0.15) is 10.2 Å². The minimum Gasteiger partial charge on any atom is -0.289 e. The zero-order valence-corrected chi connectivity index (χ0v) is 13.7. The number of aromatic nitrogens is 4. The first kappa shape index (κ1) is 16.3. The minimum atomic E-state index is -0.449. The molecule has 0 bridgehead atoms. The second-order valence-electron chi connectivity index (χ2n) is 5.51. The summed E-state index contributed by atoms with van der Waals surface area (Å²) in [6.07, 6.45) is 8.08. The molecule has 0 unspecified atom stereocenters. The first-order valence-corrected chi connectivity index (χ1v) is 7.43. The molecule has 0 spiro atoms. The molecule has 0 aliphatic heterocycles. The lowest BCUT2D eigenvalue weighted by atomic mass is 10.1. The molecule has 0 aliphatic carbocycles. The lowest BCUT2D eigenvalue weighted by molar-refractivity contribution is -0.384. The fourth-order valence-electron chi connectivity index (χ4n) is 2.40. The molecule has 0 saturated heterocycles. The number of hydrogen-bond acceptors (Lipinski definition) is 5. The van der Waals surface area contributed by atoms with Crippen molar-refractivity contribution in [1.82, 2.24) is 19.6 Å². The molecule has 2 aromatic heterocycles. The summed E-state index contributed by atoms with van der Waals surface area (Å²) >= 11 is 0. The maximum absolute atomic E-state index is 12.2. The maximum atomic E-state index is 12.2. The van der Waals surface area contributed by atoms with E-state index in [2.05, 4.69) is 10.2 Å². The van der Waals surface area contributed by atoms with Gasteiger partial charge in [-0.3, -0.25) is 24.3 Å². The number of nitrogens with zero attached hydrogens (tertiary/aromatic N) is 5. The smallest absolute Gasteiger partial charge is 0.269 e. The molecule has 1 aromatic carbocycles. The van der Waals surface area contributed by atoms with Crippen LogP contribution >= 0.6 is 0 Å². The summed E-state index contributed by atoms with van der Waals surface area (Å²) in [4.78, 5) is 22.5. The number of aryl methyl sites for hydroxylation is 2. The number of ketones is 1. The Bertz CT molecular complexity index is 967. The molecule has 0 aliphatic rings. The average molecular weight is 337 g/mol. The third kappa shape index (κ3) is 3.52. The topological polar surface area (TPSA) is 95.8 Å². The number of benzene rings is 1. The number of non-ortho nitro benzene ring substituents is 1. The predicted octanol–water partition coefficient (Wildman–Crippen LogP) is 2.62. The van der Waals surface area contributed by atoms with Crippen molar-refractivity contribution in [2.45, 2.75) is 0 Å². The van der Waals surface area contributed by atoms with Crippen LogP contribution in [0.2, 0.25) is 0 Å². The van der Waals surface area contributed by atoms with Crippen LogP contribution in [-0.2, 0) is 14.1 Å². The van der Waals surface area contributed by atoms with E-state index in [-0.39, 0.29) is 11.5 Å². The fourth-order valence-corrected chi connectivity index (χ4v) is 2.40. The SMILES string of the molecule is Cn1cc(C(=O)C=Cc2cn(C)nc2-c2ccc([N+](=O)[O-])cc2)cn1. The summed E-state index contributed by atoms with van der Waals surface area (Å²) in [5.74, 6) is -0.161. The lowest BCUT2D eigenvalue weighted by Gasteiger charge is -1.99. The first-order valence-electron chi connectivity index (χ1n) is 7.43. The standard InChI is InChI=1S/C17H15N5O3/c1-20-11-14(9-18-20)16(23)8-5-13-10-21(2)19-17(13)12-3-6-15(7-4-12)22(24)25/h3-11H,1-2H3. The highest BCUT2D eigenvalue weighted by Crippen LogP contribution is 2.25. The van der Waals surface area contributed by atoms with E-state index in [9.17, 15) is 14.9 Å². The highest BCUT2D eigenvalue weighted by Gasteiger charge is 2.11. The molecule has 2 heterocycles. The number of allylic oxidation sites excluding steroid dienone is 1. The fraction of sp³-hybridized carbons (Fsp3) is 0.118. The van der Waals surface area contributed by atoms with Crippen LogP contribution < -0.4 is 0 Å². The van der Waals surface area contributed by atoms with E-state index in [1.165, 1.54) is 24.4 Å². The van der Waals surface area contributed by atoms with Crippen LogP contribution in [0.1, 0.15) is 15.9 Å². The van der Waals surface area contributed by atoms with E-state index in [1.807, 2.05) is 0 Å². The Morgan fingerprint density at radius 2 is 1.88 bits per heavy atom. The van der Waals surface area contributed by atoms with Gasteiger partial charge in [-0.25, -0.2) is 0 Å². The molecule has 3 aromatic rings. The van der Waals surface area contributed by atoms with Crippen molar-refractivity contribution in [2.24, 2.45) is 14.1 Å². The number of carbonyl (C=O) groups is 1. The minimum absolute atomic E-state index is 0.0172. The monoisotopic (exact) mass is 337 g/mol. The number of nitro benzene ring substituents is 1. The van der Waals surface area contributed by atoms with E-state index in [1.54, 1.807) is 54.1 Å². The van der Waals surface area contributed by atoms with E-state index >= 15 is 0 Å². The molecule has 0 radical (unpaired) electrons. The van der Waals surface area contributed by atoms with Crippen LogP contribution in [0, 0.1) is 10.1 Å². The molecule has 8 nitrogen and oxygen atoms in total. The summed E-state index contributed by atoms with van der Waals surface area (Å²) in [6, 6.07) is 6.14. The van der Waals surface area contributed by atoms with Gasteiger partial charge in [-0.1, -0.05) is 0 Å². The summed E-state index contributed by atoms with van der Waals surface area (Å²) < 4.78 is 3.19. The second kappa shape index (κ2) is 6.52. The molecule has 0 atom stereocenters. The molecule has 0 amide bonds. The van der Waals surface area contributed by atoms with Crippen molar-refractivity contribution in [3.8, 4) is 11.3 Å². The van der Waals surface area contributed by atoms with Crippen molar-refractivity contribution in [2.75, 3.05) is 0 Å². The van der Waals surface area contributed by atoms with Crippen molar-refractivity contribution < 1.29 is 9.72 Å². The number of nitro groups is 1. The molecular formula is C17H15N5O3. The summed E-state index contributed by atoms with van der Waals surface area (Å²) in [5, 5.41) is 19.1. The third-order valence-electron chi connectivity index (χ3n) is 3.61.